The van der Waals surface area contributed by atoms with Crippen LogP contribution in [0.1, 0.15) is 26.3 Å². The summed E-state index contributed by atoms with van der Waals surface area (Å²) in [5.74, 6) is -5.76. The minimum Gasteiger partial charge on any atom is -0.493 e. The van der Waals surface area contributed by atoms with Gasteiger partial charge in [0.1, 0.15) is 22.8 Å². The summed E-state index contributed by atoms with van der Waals surface area (Å²) in [6, 6.07) is 2.67. The number of carbonyl (C=O) groups is 2. The van der Waals surface area contributed by atoms with Gasteiger partial charge in [0.2, 0.25) is 5.78 Å². The third kappa shape index (κ3) is 9.98. The molecule has 0 aliphatic heterocycles. The van der Waals surface area contributed by atoms with E-state index in [9.17, 15) is 27.2 Å². The van der Waals surface area contributed by atoms with Gasteiger partial charge in [-0.25, -0.2) is 42.6 Å². The third-order valence-corrected chi connectivity index (χ3v) is 7.33. The molecule has 0 aliphatic carbocycles. The molecule has 0 spiro atoms. The number of amides is 1. The van der Waals surface area contributed by atoms with Gasteiger partial charge in [-0.05, 0) is 12.5 Å². The summed E-state index contributed by atoms with van der Waals surface area (Å²) in [5, 5.41) is 1.95. The van der Waals surface area contributed by atoms with Crippen LogP contribution in [0.15, 0.2) is 40.9 Å². The van der Waals surface area contributed by atoms with Gasteiger partial charge in [0, 0.05) is 37.6 Å². The van der Waals surface area contributed by atoms with Crippen molar-refractivity contribution in [3.63, 3.8) is 0 Å². The normalized spacial score (nSPS) is 10.2. The van der Waals surface area contributed by atoms with Crippen molar-refractivity contribution in [1.29, 1.82) is 0 Å². The van der Waals surface area contributed by atoms with Crippen LogP contribution >= 0.6 is 23.5 Å². The summed E-state index contributed by atoms with van der Waals surface area (Å²) in [4.78, 5) is 44.7. The highest BCUT2D eigenvalue weighted by atomic mass is 32.2. The fraction of sp³-hybridized carbons (Fsp3) is 0.267. The summed E-state index contributed by atoms with van der Waals surface area (Å²) in [6.45, 7) is 0. The highest BCUT2D eigenvalue weighted by molar-refractivity contribution is 7.98. The minimum atomic E-state index is -1.36. The van der Waals surface area contributed by atoms with E-state index in [1.807, 2.05) is 6.26 Å². The number of anilines is 2. The molecular formula is C30H33F4N7O7S2. The molecule has 4 N–H and O–H groups in total. The van der Waals surface area contributed by atoms with Gasteiger partial charge >= 0.3 is 0 Å². The summed E-state index contributed by atoms with van der Waals surface area (Å²) >= 11 is 2.59. The smallest absolute Gasteiger partial charge is 0.282 e. The Balaban J connectivity index is 0.000000278. The predicted octanol–water partition coefficient (Wildman–Crippen LogP) is 4.70. The minimum absolute atomic E-state index is 0.116. The molecule has 270 valence electrons. The maximum atomic E-state index is 14.2. The first-order chi connectivity index (χ1) is 23.7. The van der Waals surface area contributed by atoms with Crippen molar-refractivity contribution < 1.29 is 50.9 Å². The number of aromatic nitrogens is 4. The topological polar surface area (TPSA) is 187 Å². The van der Waals surface area contributed by atoms with Gasteiger partial charge in [0.15, 0.2) is 56.6 Å². The Morgan fingerprint density at radius 3 is 1.52 bits per heavy atom. The number of methoxy groups -OCH3 is 4. The number of nitrogen functional groups attached to an aromatic ring is 2. The highest BCUT2D eigenvalue weighted by Crippen LogP contribution is 2.36. The maximum Gasteiger partial charge on any atom is 0.282 e. The van der Waals surface area contributed by atoms with Crippen molar-refractivity contribution in [1.82, 2.24) is 25.0 Å². The van der Waals surface area contributed by atoms with Gasteiger partial charge in [-0.15, -0.1) is 0 Å². The quantitative estimate of drug-likeness (QED) is 0.0748. The molecular weight excluding hydrogens is 710 g/mol. The number of hydrogen-bond donors (Lipinski definition) is 2. The number of thioether (sulfide) groups is 2. The number of hydrogen-bond acceptors (Lipinski definition) is 15. The van der Waals surface area contributed by atoms with E-state index < -0.39 is 34.6 Å². The van der Waals surface area contributed by atoms with E-state index in [0.29, 0.717) is 10.3 Å². The number of carbonyl (C=O) groups excluding carboxylic acids is 2. The monoisotopic (exact) mass is 743 g/mol. The van der Waals surface area contributed by atoms with Crippen LogP contribution in [0, 0.1) is 23.3 Å². The fourth-order valence-electron chi connectivity index (χ4n) is 3.65. The van der Waals surface area contributed by atoms with Crippen molar-refractivity contribution >= 4 is 46.8 Å². The number of rotatable bonds is 10. The summed E-state index contributed by atoms with van der Waals surface area (Å²) in [7, 11) is 8.05. The Bertz CT molecular complexity index is 1800. The Morgan fingerprint density at radius 1 is 0.700 bits per heavy atom. The fourth-order valence-corrected chi connectivity index (χ4v) is 4.35. The van der Waals surface area contributed by atoms with E-state index in [4.69, 9.17) is 35.3 Å². The van der Waals surface area contributed by atoms with E-state index >= 15 is 0 Å². The van der Waals surface area contributed by atoms with Crippen molar-refractivity contribution in [2.75, 3.05) is 66.6 Å². The summed E-state index contributed by atoms with van der Waals surface area (Å²) < 4.78 is 72.4. The van der Waals surface area contributed by atoms with E-state index in [-0.39, 0.29) is 51.7 Å². The molecule has 0 saturated heterocycles. The molecule has 0 saturated carbocycles. The first-order valence-electron chi connectivity index (χ1n) is 13.6. The second-order valence-electron chi connectivity index (χ2n) is 9.03. The molecule has 0 radical (unpaired) electrons. The van der Waals surface area contributed by atoms with Crippen LogP contribution in [0.5, 0.6) is 23.0 Å². The van der Waals surface area contributed by atoms with Gasteiger partial charge in [-0.3, -0.25) is 14.4 Å². The largest absolute Gasteiger partial charge is 0.493 e. The standard InChI is InChI=1S/C14H13F2N3O3S.C8H8F2O2.C8H12N4O2S/c1-21-8-4-7(15)10(16)9(12(8)22-2)11(20)6-5-18-14(23-3)19-13(6)17;1-11-7-3-5(9)6(10)4-8(7)12-2;1-12(14-2)7(13)5-4-10-8(15-3)11-6(5)9/h4-5H,1-3H3,(H2,17,18,19);3-4H,1-2H3;4H,1-3H3,(H2,9,10,11). The van der Waals surface area contributed by atoms with Gasteiger partial charge in [0.05, 0.1) is 41.1 Å². The summed E-state index contributed by atoms with van der Waals surface area (Å²) in [5.41, 5.74) is 10.8. The number of benzene rings is 2. The third-order valence-electron chi connectivity index (χ3n) is 6.21. The van der Waals surface area contributed by atoms with Crippen LogP contribution in [0.4, 0.5) is 29.2 Å². The van der Waals surface area contributed by atoms with Crippen LogP contribution < -0.4 is 30.4 Å². The molecule has 0 bridgehead atoms. The summed E-state index contributed by atoms with van der Waals surface area (Å²) in [6.07, 6.45) is 6.12. The van der Waals surface area contributed by atoms with E-state index in [0.717, 1.165) is 29.5 Å². The Hall–Kier alpha value is -5.08. The Morgan fingerprint density at radius 2 is 1.14 bits per heavy atom. The molecule has 2 aromatic heterocycles. The molecule has 4 aromatic rings. The molecule has 0 unspecified atom stereocenters. The Labute approximate surface area is 292 Å². The number of nitrogens with zero attached hydrogens (tertiary/aromatic N) is 5. The Kier molecular flexibility index (Phi) is 15.8. The number of ether oxygens (including phenoxy) is 4. The zero-order chi connectivity index (χ0) is 37.7. The van der Waals surface area contributed by atoms with Crippen LogP contribution in [0.25, 0.3) is 0 Å². The first-order valence-corrected chi connectivity index (χ1v) is 16.0. The van der Waals surface area contributed by atoms with Crippen LogP contribution in [0.2, 0.25) is 0 Å². The van der Waals surface area contributed by atoms with Crippen LogP contribution in [0.3, 0.4) is 0 Å². The van der Waals surface area contributed by atoms with E-state index in [1.54, 1.807) is 6.26 Å². The molecule has 14 nitrogen and oxygen atoms in total. The van der Waals surface area contributed by atoms with Crippen LogP contribution in [-0.4, -0.2) is 91.8 Å². The van der Waals surface area contributed by atoms with E-state index in [1.165, 1.54) is 72.3 Å². The molecule has 0 atom stereocenters. The maximum absolute atomic E-state index is 14.2. The number of halogens is 4. The molecule has 0 fully saturated rings. The van der Waals surface area contributed by atoms with Gasteiger partial charge in [0.25, 0.3) is 5.91 Å². The van der Waals surface area contributed by atoms with Gasteiger partial charge in [-0.2, -0.15) is 0 Å². The molecule has 50 heavy (non-hydrogen) atoms. The lowest BCUT2D eigenvalue weighted by Crippen LogP contribution is -2.26. The van der Waals surface area contributed by atoms with Gasteiger partial charge in [-0.1, -0.05) is 23.5 Å². The predicted molar refractivity (Wildman–Crippen MR) is 178 cm³/mol. The number of nitrogens with two attached hydrogens (primary N) is 2. The second-order valence-corrected chi connectivity index (χ2v) is 10.6. The molecule has 4 rings (SSSR count). The molecule has 1 amide bonds. The lowest BCUT2D eigenvalue weighted by molar-refractivity contribution is -0.0756. The van der Waals surface area contributed by atoms with Crippen molar-refractivity contribution in [3.8, 4) is 23.0 Å². The molecule has 0 aliphatic rings. The van der Waals surface area contributed by atoms with Crippen molar-refractivity contribution in [2.24, 2.45) is 0 Å². The average Bonchev–Trinajstić information content (AvgIpc) is 3.12. The molecule has 2 heterocycles. The van der Waals surface area contributed by atoms with Gasteiger partial charge < -0.3 is 30.4 Å². The zero-order valence-electron chi connectivity index (χ0n) is 28.0. The average molecular weight is 744 g/mol. The SMILES string of the molecule is CON(C)C(=O)c1cnc(SC)nc1N.COc1cc(F)c(F)c(C(=O)c2cnc(SC)nc2N)c1OC.COc1cc(F)c(F)cc1OC. The number of ketones is 1. The van der Waals surface area contributed by atoms with E-state index in [2.05, 4.69) is 19.9 Å². The van der Waals surface area contributed by atoms with Crippen molar-refractivity contribution in [2.45, 2.75) is 10.3 Å². The lowest BCUT2D eigenvalue weighted by Gasteiger charge is -2.14. The van der Waals surface area contributed by atoms with Crippen molar-refractivity contribution in [3.05, 3.63) is 70.6 Å². The highest BCUT2D eigenvalue weighted by Gasteiger charge is 2.28. The second kappa shape index (κ2) is 19.2. The molecule has 20 heteroatoms. The number of hydroxylamine groups is 2. The first kappa shape index (κ1) is 41.1. The van der Waals surface area contributed by atoms with Crippen LogP contribution in [-0.2, 0) is 4.84 Å². The molecule has 2 aromatic carbocycles. The lowest BCUT2D eigenvalue weighted by atomic mass is 10.0. The zero-order valence-corrected chi connectivity index (χ0v) is 29.6.